The highest BCUT2D eigenvalue weighted by Gasteiger charge is 2.26. The number of aliphatic hydroxyl groups excluding tert-OH is 1. The van der Waals surface area contributed by atoms with Crippen molar-refractivity contribution in [3.63, 3.8) is 0 Å². The topological polar surface area (TPSA) is 114 Å². The van der Waals surface area contributed by atoms with Gasteiger partial charge in [0.25, 0.3) is 5.91 Å². The summed E-state index contributed by atoms with van der Waals surface area (Å²) in [6, 6.07) is 5.96. The molecule has 4 heterocycles. The fourth-order valence-corrected chi connectivity index (χ4v) is 5.09. The summed E-state index contributed by atoms with van der Waals surface area (Å²) >= 11 is 0. The van der Waals surface area contributed by atoms with Gasteiger partial charge in [0.05, 0.1) is 37.6 Å². The summed E-state index contributed by atoms with van der Waals surface area (Å²) in [6.45, 7) is 4.86. The Kier molecular flexibility index (Phi) is 7.45. The third-order valence-corrected chi connectivity index (χ3v) is 7.04. The predicted molar refractivity (Wildman–Crippen MR) is 135 cm³/mol. The molecule has 0 spiro atoms. The van der Waals surface area contributed by atoms with Crippen LogP contribution in [-0.2, 0) is 9.47 Å². The third kappa shape index (κ3) is 5.21. The number of methoxy groups -OCH3 is 1. The van der Waals surface area contributed by atoms with E-state index >= 15 is 0 Å². The van der Waals surface area contributed by atoms with Gasteiger partial charge in [-0.25, -0.2) is 9.50 Å². The van der Waals surface area contributed by atoms with E-state index in [0.29, 0.717) is 50.5 Å². The van der Waals surface area contributed by atoms with Gasteiger partial charge in [-0.05, 0) is 44.7 Å². The summed E-state index contributed by atoms with van der Waals surface area (Å²) in [5.41, 5.74) is 4.30. The Morgan fingerprint density at radius 2 is 1.97 bits per heavy atom. The molecule has 1 saturated carbocycles. The van der Waals surface area contributed by atoms with E-state index in [1.807, 2.05) is 23.7 Å². The summed E-state index contributed by atoms with van der Waals surface area (Å²) in [7, 11) is 1.67. The Morgan fingerprint density at radius 1 is 1.19 bits per heavy atom. The number of hydrogen-bond acceptors (Lipinski definition) is 8. The highest BCUT2D eigenvalue weighted by atomic mass is 16.5. The number of amides is 1. The van der Waals surface area contributed by atoms with E-state index in [0.717, 1.165) is 48.0 Å². The number of aliphatic hydroxyl groups is 1. The second-order valence-corrected chi connectivity index (χ2v) is 9.70. The lowest BCUT2D eigenvalue weighted by Gasteiger charge is -2.26. The Morgan fingerprint density at radius 3 is 2.67 bits per heavy atom. The molecule has 36 heavy (non-hydrogen) atoms. The van der Waals surface area contributed by atoms with Crippen LogP contribution >= 0.6 is 0 Å². The van der Waals surface area contributed by atoms with E-state index in [1.54, 1.807) is 24.3 Å². The monoisotopic (exact) mass is 494 g/mol. The number of ether oxygens (including phenoxy) is 2. The Balaban J connectivity index is 1.47. The number of hydrogen-bond donors (Lipinski definition) is 2. The Labute approximate surface area is 210 Å². The van der Waals surface area contributed by atoms with Crippen LogP contribution in [0.1, 0.15) is 54.7 Å². The second-order valence-electron chi connectivity index (χ2n) is 9.70. The van der Waals surface area contributed by atoms with Crippen LogP contribution in [0.15, 0.2) is 30.6 Å². The highest BCUT2D eigenvalue weighted by Crippen LogP contribution is 2.37. The SMILES string of the molecule is COC[C@H](C)Nc1ncc2c(-c3ccc(C(=O)N4CCOCC4)nc3)cc(C3CCC(O)CC3)n2n1. The molecule has 1 aliphatic carbocycles. The molecule has 0 radical (unpaired) electrons. The molecule has 0 bridgehead atoms. The first-order valence-corrected chi connectivity index (χ1v) is 12.7. The van der Waals surface area contributed by atoms with Crippen LogP contribution in [-0.4, -0.2) is 87.7 Å². The average Bonchev–Trinajstić information content (AvgIpc) is 3.28. The van der Waals surface area contributed by atoms with Crippen molar-refractivity contribution in [3.05, 3.63) is 42.0 Å². The van der Waals surface area contributed by atoms with Crippen molar-refractivity contribution in [2.24, 2.45) is 0 Å². The summed E-state index contributed by atoms with van der Waals surface area (Å²) in [5.74, 6) is 0.761. The smallest absolute Gasteiger partial charge is 0.272 e. The van der Waals surface area contributed by atoms with Gasteiger partial charge in [-0.3, -0.25) is 9.78 Å². The van der Waals surface area contributed by atoms with Crippen LogP contribution < -0.4 is 5.32 Å². The molecule has 5 rings (SSSR count). The molecule has 3 aromatic heterocycles. The average molecular weight is 495 g/mol. The summed E-state index contributed by atoms with van der Waals surface area (Å²) in [5, 5.41) is 18.2. The van der Waals surface area contributed by atoms with E-state index in [2.05, 4.69) is 21.4 Å². The highest BCUT2D eigenvalue weighted by molar-refractivity contribution is 5.93. The van der Waals surface area contributed by atoms with Crippen LogP contribution in [0.4, 0.5) is 5.95 Å². The molecule has 1 aliphatic heterocycles. The first kappa shape index (κ1) is 24.6. The number of pyridine rings is 1. The first-order valence-electron chi connectivity index (χ1n) is 12.7. The Hall–Kier alpha value is -3.08. The molecule has 0 aromatic carbocycles. The molecule has 3 aromatic rings. The van der Waals surface area contributed by atoms with Crippen molar-refractivity contribution >= 4 is 17.4 Å². The lowest BCUT2D eigenvalue weighted by molar-refractivity contribution is 0.0299. The largest absolute Gasteiger partial charge is 0.393 e. The fourth-order valence-electron chi connectivity index (χ4n) is 5.09. The molecule has 1 amide bonds. The third-order valence-electron chi connectivity index (χ3n) is 7.04. The summed E-state index contributed by atoms with van der Waals surface area (Å²) < 4.78 is 12.6. The van der Waals surface area contributed by atoms with Gasteiger partial charge in [0.2, 0.25) is 5.95 Å². The number of anilines is 1. The first-order chi connectivity index (χ1) is 17.5. The van der Waals surface area contributed by atoms with Crippen LogP contribution in [0.3, 0.4) is 0 Å². The molecule has 1 atom stereocenters. The molecular formula is C26H34N6O4. The van der Waals surface area contributed by atoms with Gasteiger partial charge in [-0.15, -0.1) is 5.10 Å². The molecule has 10 heteroatoms. The number of fused-ring (bicyclic) bond motifs is 1. The quantitative estimate of drug-likeness (QED) is 0.515. The number of carbonyl (C=O) groups excluding carboxylic acids is 1. The minimum Gasteiger partial charge on any atom is -0.393 e. The van der Waals surface area contributed by atoms with Crippen molar-refractivity contribution in [1.29, 1.82) is 0 Å². The van der Waals surface area contributed by atoms with Gasteiger partial charge in [0.15, 0.2) is 0 Å². The normalized spacial score (nSPS) is 21.5. The molecule has 0 unspecified atom stereocenters. The van der Waals surface area contributed by atoms with Crippen molar-refractivity contribution in [3.8, 4) is 11.1 Å². The maximum atomic E-state index is 12.8. The van der Waals surface area contributed by atoms with E-state index in [1.165, 1.54) is 0 Å². The van der Waals surface area contributed by atoms with E-state index < -0.39 is 0 Å². The molecule has 2 fully saturated rings. The number of rotatable bonds is 7. The number of nitrogens with zero attached hydrogens (tertiary/aromatic N) is 5. The molecule has 10 nitrogen and oxygen atoms in total. The zero-order valence-electron chi connectivity index (χ0n) is 20.9. The minimum atomic E-state index is -0.227. The van der Waals surface area contributed by atoms with Gasteiger partial charge in [-0.1, -0.05) is 6.07 Å². The number of morpholine rings is 1. The van der Waals surface area contributed by atoms with E-state index in [-0.39, 0.29) is 18.1 Å². The number of nitrogens with one attached hydrogen (secondary N) is 1. The van der Waals surface area contributed by atoms with Gasteiger partial charge in [-0.2, -0.15) is 0 Å². The standard InChI is InChI=1S/C26H34N6O4/c1-17(16-35-2)29-26-28-15-24-21(13-23(32(24)30-26)18-3-6-20(33)7-4-18)19-5-8-22(27-14-19)25(34)31-9-11-36-12-10-31/h5,8,13-15,17-18,20,33H,3-4,6-7,9-12,16H2,1-2H3,(H,29,30)/t17-,18?,20?/m0/s1. The van der Waals surface area contributed by atoms with Crippen LogP contribution in [0.25, 0.3) is 16.6 Å². The summed E-state index contributed by atoms with van der Waals surface area (Å²) in [6.07, 6.45) is 6.75. The number of aromatic nitrogens is 4. The minimum absolute atomic E-state index is 0.0662. The van der Waals surface area contributed by atoms with Crippen LogP contribution in [0.5, 0.6) is 0 Å². The van der Waals surface area contributed by atoms with Gasteiger partial charge >= 0.3 is 0 Å². The maximum absolute atomic E-state index is 12.8. The number of carbonyl (C=O) groups is 1. The lowest BCUT2D eigenvalue weighted by Crippen LogP contribution is -2.41. The second kappa shape index (κ2) is 10.9. The predicted octanol–water partition coefficient (Wildman–Crippen LogP) is 2.73. The van der Waals surface area contributed by atoms with Crippen molar-refractivity contribution in [2.75, 3.05) is 45.3 Å². The molecule has 192 valence electrons. The fraction of sp³-hybridized carbons (Fsp3) is 0.538. The van der Waals surface area contributed by atoms with E-state index in [9.17, 15) is 9.90 Å². The molecule has 2 N–H and O–H groups in total. The van der Waals surface area contributed by atoms with Crippen molar-refractivity contribution < 1.29 is 19.4 Å². The van der Waals surface area contributed by atoms with Gasteiger partial charge in [0, 0.05) is 55.2 Å². The van der Waals surface area contributed by atoms with Crippen molar-refractivity contribution in [2.45, 2.75) is 50.7 Å². The van der Waals surface area contributed by atoms with Crippen molar-refractivity contribution in [1.82, 2.24) is 24.5 Å². The molecule has 1 saturated heterocycles. The lowest BCUT2D eigenvalue weighted by atomic mass is 9.85. The van der Waals surface area contributed by atoms with Crippen LogP contribution in [0.2, 0.25) is 0 Å². The maximum Gasteiger partial charge on any atom is 0.272 e. The Bertz CT molecular complexity index is 1180. The molecule has 2 aliphatic rings. The zero-order chi connectivity index (χ0) is 25.1. The van der Waals surface area contributed by atoms with E-state index in [4.69, 9.17) is 14.6 Å². The van der Waals surface area contributed by atoms with Crippen LogP contribution in [0, 0.1) is 0 Å². The van der Waals surface area contributed by atoms with Gasteiger partial charge < -0.3 is 24.8 Å². The van der Waals surface area contributed by atoms with Gasteiger partial charge in [0.1, 0.15) is 5.69 Å². The zero-order valence-corrected chi connectivity index (χ0v) is 20.9. The molecular weight excluding hydrogens is 460 g/mol. The summed E-state index contributed by atoms with van der Waals surface area (Å²) in [4.78, 5) is 23.7.